The first-order valence-electron chi connectivity index (χ1n) is 8.06. The molecule has 140 valence electrons. The zero-order chi connectivity index (χ0) is 16.5. The Morgan fingerprint density at radius 1 is 1.38 bits per heavy atom. The molecule has 8 heteroatoms. The van der Waals surface area contributed by atoms with Gasteiger partial charge in [0.05, 0.1) is 12.2 Å². The van der Waals surface area contributed by atoms with Crippen molar-refractivity contribution in [1.82, 2.24) is 14.7 Å². The zero-order valence-electron chi connectivity index (χ0n) is 15.2. The summed E-state index contributed by atoms with van der Waals surface area (Å²) in [6.07, 6.45) is 2.64. The van der Waals surface area contributed by atoms with E-state index in [9.17, 15) is 4.79 Å². The van der Waals surface area contributed by atoms with E-state index in [1.165, 1.54) is 0 Å². The predicted molar refractivity (Wildman–Crippen MR) is 103 cm³/mol. The smallest absolute Gasteiger partial charge is 0.242 e. The number of halogens is 2. The fourth-order valence-electron chi connectivity index (χ4n) is 2.97. The Kier molecular flexibility index (Phi) is 8.73. The summed E-state index contributed by atoms with van der Waals surface area (Å²) in [5.74, 6) is 0.758. The number of nitrogens with two attached hydrogens (primary N) is 1. The molecule has 1 amide bonds. The summed E-state index contributed by atoms with van der Waals surface area (Å²) in [6.45, 7) is 12.1. The molecular formula is C16H31Cl2N5O. The quantitative estimate of drug-likeness (QED) is 0.842. The minimum atomic E-state index is -0.178. The molecular weight excluding hydrogens is 349 g/mol. The van der Waals surface area contributed by atoms with Crippen molar-refractivity contribution in [1.29, 1.82) is 0 Å². The summed E-state index contributed by atoms with van der Waals surface area (Å²) in [5.41, 5.74) is 6.21. The van der Waals surface area contributed by atoms with Crippen molar-refractivity contribution in [3.8, 4) is 0 Å². The van der Waals surface area contributed by atoms with E-state index in [1.807, 2.05) is 31.5 Å². The van der Waals surface area contributed by atoms with Crippen LogP contribution in [0.15, 0.2) is 12.3 Å². The normalized spacial score (nSPS) is 21.5. The highest BCUT2D eigenvalue weighted by Crippen LogP contribution is 2.29. The van der Waals surface area contributed by atoms with E-state index >= 15 is 0 Å². The largest absolute Gasteiger partial charge is 0.327 e. The predicted octanol–water partition coefficient (Wildman–Crippen LogP) is 2.69. The lowest BCUT2D eigenvalue weighted by Crippen LogP contribution is -2.56. The van der Waals surface area contributed by atoms with Crippen LogP contribution < -0.4 is 11.1 Å². The summed E-state index contributed by atoms with van der Waals surface area (Å²) in [5, 5.41) is 7.24. The van der Waals surface area contributed by atoms with E-state index in [4.69, 9.17) is 5.73 Å². The molecule has 1 saturated heterocycles. The maximum Gasteiger partial charge on any atom is 0.242 e. The average molecular weight is 380 g/mol. The van der Waals surface area contributed by atoms with Crippen LogP contribution >= 0.6 is 24.8 Å². The Balaban J connectivity index is 0.00000264. The van der Waals surface area contributed by atoms with Crippen LogP contribution in [0.4, 0.5) is 5.82 Å². The van der Waals surface area contributed by atoms with E-state index in [-0.39, 0.29) is 54.3 Å². The Morgan fingerprint density at radius 2 is 2.00 bits per heavy atom. The van der Waals surface area contributed by atoms with E-state index in [2.05, 4.69) is 29.2 Å². The molecule has 0 saturated carbocycles. The first-order valence-corrected chi connectivity index (χ1v) is 8.06. The second kappa shape index (κ2) is 9.04. The molecule has 0 aromatic carbocycles. The molecule has 0 radical (unpaired) electrons. The highest BCUT2D eigenvalue weighted by molar-refractivity contribution is 5.93. The number of carbonyl (C=O) groups excluding carboxylic acids is 1. The van der Waals surface area contributed by atoms with Gasteiger partial charge in [-0.1, -0.05) is 13.8 Å². The summed E-state index contributed by atoms with van der Waals surface area (Å²) in [4.78, 5) is 14.8. The molecule has 1 aliphatic rings. The van der Waals surface area contributed by atoms with Gasteiger partial charge in [-0.25, -0.2) is 4.68 Å². The highest BCUT2D eigenvalue weighted by atomic mass is 35.5. The molecule has 0 aliphatic carbocycles. The number of aromatic nitrogens is 2. The number of rotatable bonds is 4. The van der Waals surface area contributed by atoms with Crippen LogP contribution in [0.3, 0.4) is 0 Å². The van der Waals surface area contributed by atoms with E-state index in [1.54, 1.807) is 6.20 Å². The van der Waals surface area contributed by atoms with Crippen LogP contribution in [-0.2, 0) is 4.79 Å². The number of hydrogen-bond donors (Lipinski definition) is 2. The third-order valence-electron chi connectivity index (χ3n) is 4.68. The maximum atomic E-state index is 12.6. The van der Waals surface area contributed by atoms with Gasteiger partial charge in [0.1, 0.15) is 5.82 Å². The molecule has 1 aromatic heterocycles. The number of carbonyl (C=O) groups is 1. The van der Waals surface area contributed by atoms with Crippen LogP contribution in [0.2, 0.25) is 0 Å². The lowest BCUT2D eigenvalue weighted by molar-refractivity contribution is -0.122. The van der Waals surface area contributed by atoms with Crippen molar-refractivity contribution in [3.63, 3.8) is 0 Å². The number of nitrogens with one attached hydrogen (secondary N) is 1. The summed E-state index contributed by atoms with van der Waals surface area (Å²) in [7, 11) is 0. The number of nitrogens with zero attached hydrogens (tertiary/aromatic N) is 3. The van der Waals surface area contributed by atoms with Crippen molar-refractivity contribution in [2.75, 3.05) is 18.4 Å². The molecule has 2 unspecified atom stereocenters. The third-order valence-corrected chi connectivity index (χ3v) is 4.68. The molecule has 2 rings (SSSR count). The molecule has 1 fully saturated rings. The van der Waals surface area contributed by atoms with Gasteiger partial charge in [0.25, 0.3) is 0 Å². The standard InChI is InChI=1S/C16H29N5O.2ClH/c1-11(2)21-14(6-8-18-21)19-15(22)12(3)20-9-7-13(17)16(4,5)10-20;;/h6,8,11-13H,7,9-10,17H2,1-5H3,(H,19,22);2*1H. The SMILES string of the molecule is CC(C(=O)Nc1ccnn1C(C)C)N1CCC(N)C(C)(C)C1.Cl.Cl. The van der Waals surface area contributed by atoms with Crippen molar-refractivity contribution < 1.29 is 4.79 Å². The minimum absolute atomic E-state index is 0. The van der Waals surface area contributed by atoms with Gasteiger partial charge in [-0.3, -0.25) is 9.69 Å². The van der Waals surface area contributed by atoms with Crippen LogP contribution in [0.25, 0.3) is 0 Å². The first-order chi connectivity index (χ1) is 10.2. The van der Waals surface area contributed by atoms with Gasteiger partial charge < -0.3 is 11.1 Å². The second-order valence-electron chi connectivity index (χ2n) is 7.27. The third kappa shape index (κ3) is 5.09. The monoisotopic (exact) mass is 379 g/mol. The van der Waals surface area contributed by atoms with Gasteiger partial charge in [-0.2, -0.15) is 5.10 Å². The molecule has 1 aromatic rings. The zero-order valence-corrected chi connectivity index (χ0v) is 16.8. The van der Waals surface area contributed by atoms with Gasteiger partial charge in [0.2, 0.25) is 5.91 Å². The lowest BCUT2D eigenvalue weighted by atomic mass is 9.79. The minimum Gasteiger partial charge on any atom is -0.327 e. The summed E-state index contributed by atoms with van der Waals surface area (Å²) < 4.78 is 1.82. The molecule has 1 aliphatic heterocycles. The molecule has 0 spiro atoms. The van der Waals surface area contributed by atoms with E-state index in [0.717, 1.165) is 25.3 Å². The topological polar surface area (TPSA) is 76.2 Å². The van der Waals surface area contributed by atoms with Crippen molar-refractivity contribution >= 4 is 36.5 Å². The summed E-state index contributed by atoms with van der Waals surface area (Å²) in [6, 6.07) is 2.07. The molecule has 3 N–H and O–H groups in total. The number of likely N-dealkylation sites (tertiary alicyclic amines) is 1. The van der Waals surface area contributed by atoms with Crippen LogP contribution in [-0.4, -0.2) is 45.8 Å². The maximum absolute atomic E-state index is 12.6. The highest BCUT2D eigenvalue weighted by Gasteiger charge is 2.36. The molecule has 6 nitrogen and oxygen atoms in total. The summed E-state index contributed by atoms with van der Waals surface area (Å²) >= 11 is 0. The van der Waals surface area contributed by atoms with Gasteiger partial charge in [0.15, 0.2) is 0 Å². The van der Waals surface area contributed by atoms with Crippen LogP contribution in [0, 0.1) is 5.41 Å². The number of hydrogen-bond acceptors (Lipinski definition) is 4. The lowest BCUT2D eigenvalue weighted by Gasteiger charge is -2.44. The number of piperidine rings is 1. The molecule has 2 heterocycles. The fourth-order valence-corrected chi connectivity index (χ4v) is 2.97. The van der Waals surface area contributed by atoms with Gasteiger partial charge in [-0.15, -0.1) is 24.8 Å². The van der Waals surface area contributed by atoms with Crippen molar-refractivity contribution in [3.05, 3.63) is 12.3 Å². The Bertz CT molecular complexity index is 532. The fraction of sp³-hybridized carbons (Fsp3) is 0.750. The van der Waals surface area contributed by atoms with Gasteiger partial charge >= 0.3 is 0 Å². The average Bonchev–Trinajstić information content (AvgIpc) is 2.89. The van der Waals surface area contributed by atoms with Crippen LogP contribution in [0.5, 0.6) is 0 Å². The number of amides is 1. The van der Waals surface area contributed by atoms with Crippen molar-refractivity contribution in [2.24, 2.45) is 11.1 Å². The van der Waals surface area contributed by atoms with Crippen molar-refractivity contribution in [2.45, 2.75) is 59.2 Å². The van der Waals surface area contributed by atoms with Gasteiger partial charge in [0, 0.05) is 31.2 Å². The second-order valence-corrected chi connectivity index (χ2v) is 7.27. The van der Waals surface area contributed by atoms with E-state index in [0.29, 0.717) is 0 Å². The molecule has 2 atom stereocenters. The Labute approximate surface area is 157 Å². The molecule has 24 heavy (non-hydrogen) atoms. The first kappa shape index (κ1) is 23.2. The molecule has 0 bridgehead atoms. The van der Waals surface area contributed by atoms with E-state index < -0.39 is 0 Å². The van der Waals surface area contributed by atoms with Gasteiger partial charge in [-0.05, 0) is 32.6 Å². The number of anilines is 1. The Hall–Kier alpha value is -0.820. The van der Waals surface area contributed by atoms with Crippen LogP contribution in [0.1, 0.15) is 47.1 Å². The Morgan fingerprint density at radius 3 is 2.54 bits per heavy atom.